The summed E-state index contributed by atoms with van der Waals surface area (Å²) in [4.78, 5) is 13.2. The molecule has 14 heavy (non-hydrogen) atoms. The molecule has 1 atom stereocenters. The molecule has 1 fully saturated rings. The summed E-state index contributed by atoms with van der Waals surface area (Å²) in [5, 5.41) is 12.3. The molecule has 82 valence electrons. The highest BCUT2D eigenvalue weighted by Crippen LogP contribution is 2.13. The Labute approximate surface area is 85.3 Å². The summed E-state index contributed by atoms with van der Waals surface area (Å²) in [6, 6.07) is 0. The fraction of sp³-hybridized carbons (Fsp3) is 0.900. The van der Waals surface area contributed by atoms with Gasteiger partial charge in [-0.15, -0.1) is 0 Å². The number of carbonyl (C=O) groups is 1. The molecule has 0 aromatic heterocycles. The zero-order valence-corrected chi connectivity index (χ0v) is 8.99. The molecule has 4 nitrogen and oxygen atoms in total. The van der Waals surface area contributed by atoms with E-state index < -0.39 is 5.97 Å². The molecule has 0 radical (unpaired) electrons. The zero-order valence-electron chi connectivity index (χ0n) is 8.99. The van der Waals surface area contributed by atoms with E-state index in [1.54, 1.807) is 0 Å². The molecule has 1 rings (SSSR count). The van der Waals surface area contributed by atoms with Gasteiger partial charge < -0.3 is 10.4 Å². The third-order valence-corrected chi connectivity index (χ3v) is 2.79. The van der Waals surface area contributed by atoms with Crippen LogP contribution in [0.25, 0.3) is 0 Å². The second-order valence-electron chi connectivity index (χ2n) is 4.24. The average Bonchev–Trinajstić information content (AvgIpc) is 2.15. The molecule has 1 aliphatic heterocycles. The third-order valence-electron chi connectivity index (χ3n) is 2.79. The van der Waals surface area contributed by atoms with Crippen LogP contribution < -0.4 is 5.32 Å². The summed E-state index contributed by atoms with van der Waals surface area (Å²) in [6.45, 7) is 8.53. The van der Waals surface area contributed by atoms with Crippen molar-refractivity contribution in [2.75, 3.05) is 32.7 Å². The van der Waals surface area contributed by atoms with Crippen LogP contribution in [0.15, 0.2) is 0 Å². The average molecular weight is 200 g/mol. The lowest BCUT2D eigenvalue weighted by Gasteiger charge is -2.30. The van der Waals surface area contributed by atoms with Crippen LogP contribution in [0, 0.1) is 11.8 Å². The number of piperazine rings is 1. The number of nitrogens with one attached hydrogen (secondary N) is 1. The van der Waals surface area contributed by atoms with Crippen molar-refractivity contribution in [2.24, 2.45) is 11.8 Å². The van der Waals surface area contributed by atoms with Crippen LogP contribution >= 0.6 is 0 Å². The van der Waals surface area contributed by atoms with Crippen molar-refractivity contribution in [3.05, 3.63) is 0 Å². The lowest BCUT2D eigenvalue weighted by molar-refractivity contribution is -0.144. The van der Waals surface area contributed by atoms with E-state index in [-0.39, 0.29) is 11.8 Å². The maximum atomic E-state index is 11.0. The molecule has 0 amide bonds. The minimum absolute atomic E-state index is 0.211. The third kappa shape index (κ3) is 3.27. The Bertz CT molecular complexity index is 189. The normalized spacial score (nSPS) is 21.1. The van der Waals surface area contributed by atoms with E-state index in [0.717, 1.165) is 26.2 Å². The van der Waals surface area contributed by atoms with Gasteiger partial charge >= 0.3 is 5.97 Å². The van der Waals surface area contributed by atoms with Gasteiger partial charge in [0.1, 0.15) is 0 Å². The van der Waals surface area contributed by atoms with Crippen molar-refractivity contribution < 1.29 is 9.90 Å². The molecule has 0 bridgehead atoms. The summed E-state index contributed by atoms with van der Waals surface area (Å²) in [6.07, 6.45) is 0. The number of hydrogen-bond acceptors (Lipinski definition) is 3. The molecule has 2 N–H and O–H groups in total. The SMILES string of the molecule is CC(C)C(CN1CCNCC1)C(=O)O. The fourth-order valence-corrected chi connectivity index (χ4v) is 1.75. The van der Waals surface area contributed by atoms with Gasteiger partial charge in [-0.3, -0.25) is 9.69 Å². The van der Waals surface area contributed by atoms with Gasteiger partial charge in [0.15, 0.2) is 0 Å². The molecular weight excluding hydrogens is 180 g/mol. The van der Waals surface area contributed by atoms with E-state index in [4.69, 9.17) is 5.11 Å². The summed E-state index contributed by atoms with van der Waals surface area (Å²) < 4.78 is 0. The number of rotatable bonds is 4. The van der Waals surface area contributed by atoms with E-state index in [2.05, 4.69) is 10.2 Å². The quantitative estimate of drug-likeness (QED) is 0.683. The van der Waals surface area contributed by atoms with E-state index in [1.165, 1.54) is 0 Å². The van der Waals surface area contributed by atoms with Crippen LogP contribution in [-0.2, 0) is 4.79 Å². The Morgan fingerprint density at radius 1 is 1.43 bits per heavy atom. The molecule has 1 unspecified atom stereocenters. The molecule has 0 aromatic carbocycles. The fourth-order valence-electron chi connectivity index (χ4n) is 1.75. The lowest BCUT2D eigenvalue weighted by Crippen LogP contribution is -2.47. The standard InChI is InChI=1S/C10H20N2O2/c1-8(2)9(10(13)14)7-12-5-3-11-4-6-12/h8-9,11H,3-7H2,1-2H3,(H,13,14). The van der Waals surface area contributed by atoms with Crippen LogP contribution in [-0.4, -0.2) is 48.7 Å². The van der Waals surface area contributed by atoms with Gasteiger partial charge in [0.25, 0.3) is 0 Å². The molecular formula is C10H20N2O2. The van der Waals surface area contributed by atoms with Gasteiger partial charge in [0.2, 0.25) is 0 Å². The molecule has 0 aliphatic carbocycles. The van der Waals surface area contributed by atoms with Gasteiger partial charge in [-0.05, 0) is 5.92 Å². The van der Waals surface area contributed by atoms with Gasteiger partial charge in [-0.2, -0.15) is 0 Å². The van der Waals surface area contributed by atoms with Crippen LogP contribution in [0.4, 0.5) is 0 Å². The predicted octanol–water partition coefficient (Wildman–Crippen LogP) is 0.248. The highest BCUT2D eigenvalue weighted by atomic mass is 16.4. The van der Waals surface area contributed by atoms with Crippen molar-refractivity contribution in [1.29, 1.82) is 0 Å². The maximum Gasteiger partial charge on any atom is 0.308 e. The zero-order chi connectivity index (χ0) is 10.6. The van der Waals surface area contributed by atoms with Gasteiger partial charge in [-0.25, -0.2) is 0 Å². The van der Waals surface area contributed by atoms with Crippen LogP contribution in [0.5, 0.6) is 0 Å². The molecule has 1 saturated heterocycles. The van der Waals surface area contributed by atoms with Crippen molar-refractivity contribution in [1.82, 2.24) is 10.2 Å². The van der Waals surface area contributed by atoms with Crippen molar-refractivity contribution in [2.45, 2.75) is 13.8 Å². The van der Waals surface area contributed by atoms with Crippen LogP contribution in [0.3, 0.4) is 0 Å². The summed E-state index contributed by atoms with van der Waals surface area (Å²) in [7, 11) is 0. The second kappa shape index (κ2) is 5.32. The minimum Gasteiger partial charge on any atom is -0.481 e. The number of carboxylic acid groups (broad SMARTS) is 1. The molecule has 0 saturated carbocycles. The predicted molar refractivity (Wildman–Crippen MR) is 55.3 cm³/mol. The second-order valence-corrected chi connectivity index (χ2v) is 4.24. The Kier molecular flexibility index (Phi) is 4.35. The Balaban J connectivity index is 2.41. The van der Waals surface area contributed by atoms with Crippen LogP contribution in [0.1, 0.15) is 13.8 Å². The molecule has 1 aliphatic rings. The number of aliphatic carboxylic acids is 1. The van der Waals surface area contributed by atoms with Crippen molar-refractivity contribution in [3.63, 3.8) is 0 Å². The maximum absolute atomic E-state index is 11.0. The Morgan fingerprint density at radius 3 is 2.43 bits per heavy atom. The van der Waals surface area contributed by atoms with Gasteiger partial charge in [-0.1, -0.05) is 13.8 Å². The van der Waals surface area contributed by atoms with E-state index in [9.17, 15) is 4.79 Å². The molecule has 0 aromatic rings. The first-order valence-corrected chi connectivity index (χ1v) is 5.27. The summed E-state index contributed by atoms with van der Waals surface area (Å²) in [5.74, 6) is -0.686. The van der Waals surface area contributed by atoms with Crippen LogP contribution in [0.2, 0.25) is 0 Å². The largest absolute Gasteiger partial charge is 0.481 e. The van der Waals surface area contributed by atoms with Crippen molar-refractivity contribution in [3.8, 4) is 0 Å². The van der Waals surface area contributed by atoms with Gasteiger partial charge in [0, 0.05) is 32.7 Å². The topological polar surface area (TPSA) is 52.6 Å². The number of carboxylic acids is 1. The highest BCUT2D eigenvalue weighted by molar-refractivity contribution is 5.70. The van der Waals surface area contributed by atoms with E-state index in [0.29, 0.717) is 6.54 Å². The first-order chi connectivity index (χ1) is 6.61. The first kappa shape index (κ1) is 11.5. The highest BCUT2D eigenvalue weighted by Gasteiger charge is 2.24. The van der Waals surface area contributed by atoms with E-state index in [1.807, 2.05) is 13.8 Å². The minimum atomic E-state index is -0.668. The van der Waals surface area contributed by atoms with Gasteiger partial charge in [0.05, 0.1) is 5.92 Å². The molecule has 1 heterocycles. The summed E-state index contributed by atoms with van der Waals surface area (Å²) in [5.41, 5.74) is 0. The lowest BCUT2D eigenvalue weighted by atomic mass is 9.95. The van der Waals surface area contributed by atoms with E-state index >= 15 is 0 Å². The smallest absolute Gasteiger partial charge is 0.308 e. The monoisotopic (exact) mass is 200 g/mol. The van der Waals surface area contributed by atoms with Crippen molar-refractivity contribution >= 4 is 5.97 Å². The summed E-state index contributed by atoms with van der Waals surface area (Å²) >= 11 is 0. The molecule has 4 heteroatoms. The Hall–Kier alpha value is -0.610. The number of hydrogen-bond donors (Lipinski definition) is 2. The number of nitrogens with zero attached hydrogens (tertiary/aromatic N) is 1. The Morgan fingerprint density at radius 2 is 2.00 bits per heavy atom. The first-order valence-electron chi connectivity index (χ1n) is 5.27. The molecule has 0 spiro atoms.